The molecule has 0 unspecified atom stereocenters. The van der Waals surface area contributed by atoms with E-state index in [1.165, 1.54) is 18.2 Å². The van der Waals surface area contributed by atoms with Crippen LogP contribution in [-0.2, 0) is 6.54 Å². The van der Waals surface area contributed by atoms with Crippen LogP contribution >= 0.6 is 11.6 Å². The van der Waals surface area contributed by atoms with Crippen LogP contribution in [0.15, 0.2) is 42.5 Å². The van der Waals surface area contributed by atoms with Crippen LogP contribution in [0.3, 0.4) is 0 Å². The van der Waals surface area contributed by atoms with E-state index in [2.05, 4.69) is 5.32 Å². The normalized spacial score (nSPS) is 10.2. The first-order valence-corrected chi connectivity index (χ1v) is 6.43. The molecule has 0 heterocycles. The first-order valence-electron chi connectivity index (χ1n) is 6.05. The molecule has 21 heavy (non-hydrogen) atoms. The molecule has 2 aromatic carbocycles. The summed E-state index contributed by atoms with van der Waals surface area (Å²) < 4.78 is 0. The van der Waals surface area contributed by atoms with E-state index in [1.54, 1.807) is 18.2 Å². The van der Waals surface area contributed by atoms with E-state index < -0.39 is 10.8 Å². The molecule has 0 atom stereocenters. The van der Waals surface area contributed by atoms with Crippen LogP contribution in [-0.4, -0.2) is 10.8 Å². The SMILES string of the molecule is NCc1cccc(NC(=O)c2cc(Cl)ccc2[N+](=O)[O-])c1. The largest absolute Gasteiger partial charge is 0.326 e. The van der Waals surface area contributed by atoms with Gasteiger partial charge in [-0.25, -0.2) is 0 Å². The number of hydrogen-bond donors (Lipinski definition) is 2. The molecule has 0 saturated carbocycles. The maximum absolute atomic E-state index is 12.2. The van der Waals surface area contributed by atoms with Crippen molar-refractivity contribution < 1.29 is 9.72 Å². The van der Waals surface area contributed by atoms with Crippen molar-refractivity contribution in [1.29, 1.82) is 0 Å². The van der Waals surface area contributed by atoms with Gasteiger partial charge in [-0.15, -0.1) is 0 Å². The van der Waals surface area contributed by atoms with E-state index in [0.717, 1.165) is 5.56 Å². The number of hydrogen-bond acceptors (Lipinski definition) is 4. The number of carbonyl (C=O) groups is 1. The standard InChI is InChI=1S/C14H12ClN3O3/c15-10-4-5-13(18(20)21)12(7-10)14(19)17-11-3-1-2-9(6-11)8-16/h1-7H,8,16H2,(H,17,19). The van der Waals surface area contributed by atoms with Gasteiger partial charge in [0.25, 0.3) is 11.6 Å². The monoisotopic (exact) mass is 305 g/mol. The van der Waals surface area contributed by atoms with Crippen molar-refractivity contribution in [1.82, 2.24) is 0 Å². The van der Waals surface area contributed by atoms with Crippen molar-refractivity contribution in [2.75, 3.05) is 5.32 Å². The first-order chi connectivity index (χ1) is 10.0. The fraction of sp³-hybridized carbons (Fsp3) is 0.0714. The Morgan fingerprint density at radius 3 is 2.71 bits per heavy atom. The van der Waals surface area contributed by atoms with Crippen molar-refractivity contribution in [3.05, 3.63) is 68.7 Å². The number of amides is 1. The molecular weight excluding hydrogens is 294 g/mol. The van der Waals surface area contributed by atoms with E-state index in [-0.39, 0.29) is 16.3 Å². The minimum absolute atomic E-state index is 0.0920. The second-order valence-corrected chi connectivity index (χ2v) is 4.71. The Kier molecular flexibility index (Phi) is 4.52. The fourth-order valence-corrected chi connectivity index (χ4v) is 2.00. The quantitative estimate of drug-likeness (QED) is 0.670. The maximum atomic E-state index is 12.2. The first kappa shape index (κ1) is 15.0. The minimum atomic E-state index is -0.623. The molecular formula is C14H12ClN3O3. The zero-order chi connectivity index (χ0) is 15.4. The highest BCUT2D eigenvalue weighted by Crippen LogP contribution is 2.24. The minimum Gasteiger partial charge on any atom is -0.326 e. The number of nitro benzene ring substituents is 1. The lowest BCUT2D eigenvalue weighted by Crippen LogP contribution is -2.14. The lowest BCUT2D eigenvalue weighted by atomic mass is 10.1. The van der Waals surface area contributed by atoms with Gasteiger partial charge in [0.1, 0.15) is 5.56 Å². The number of nitro groups is 1. The Labute approximate surface area is 125 Å². The average molecular weight is 306 g/mol. The predicted octanol–water partition coefficient (Wildman–Crippen LogP) is 2.96. The molecule has 0 fully saturated rings. The molecule has 3 N–H and O–H groups in total. The second-order valence-electron chi connectivity index (χ2n) is 4.28. The highest BCUT2D eigenvalue weighted by atomic mass is 35.5. The molecule has 7 heteroatoms. The van der Waals surface area contributed by atoms with E-state index in [0.29, 0.717) is 12.2 Å². The Morgan fingerprint density at radius 2 is 2.05 bits per heavy atom. The lowest BCUT2D eigenvalue weighted by molar-refractivity contribution is -0.385. The number of rotatable bonds is 4. The summed E-state index contributed by atoms with van der Waals surface area (Å²) in [5, 5.41) is 13.8. The predicted molar refractivity (Wildman–Crippen MR) is 80.4 cm³/mol. The summed E-state index contributed by atoms with van der Waals surface area (Å²) >= 11 is 5.80. The summed E-state index contributed by atoms with van der Waals surface area (Å²) in [6, 6.07) is 10.8. The maximum Gasteiger partial charge on any atom is 0.282 e. The van der Waals surface area contributed by atoms with Crippen molar-refractivity contribution >= 4 is 28.9 Å². The third-order valence-corrected chi connectivity index (χ3v) is 3.06. The molecule has 0 bridgehead atoms. The van der Waals surface area contributed by atoms with Crippen molar-refractivity contribution in [2.45, 2.75) is 6.54 Å². The van der Waals surface area contributed by atoms with E-state index in [4.69, 9.17) is 17.3 Å². The van der Waals surface area contributed by atoms with Gasteiger partial charge in [-0.05, 0) is 29.8 Å². The van der Waals surface area contributed by atoms with E-state index in [1.807, 2.05) is 6.07 Å². The van der Waals surface area contributed by atoms with Crippen LogP contribution in [0.1, 0.15) is 15.9 Å². The molecule has 2 aromatic rings. The van der Waals surface area contributed by atoms with Crippen molar-refractivity contribution in [2.24, 2.45) is 5.73 Å². The topological polar surface area (TPSA) is 98.3 Å². The van der Waals surface area contributed by atoms with E-state index in [9.17, 15) is 14.9 Å². The van der Waals surface area contributed by atoms with E-state index >= 15 is 0 Å². The summed E-state index contributed by atoms with van der Waals surface area (Å²) in [5.74, 6) is -0.599. The number of nitrogens with one attached hydrogen (secondary N) is 1. The average Bonchev–Trinajstić information content (AvgIpc) is 2.47. The number of halogens is 1. The van der Waals surface area contributed by atoms with Gasteiger partial charge in [-0.1, -0.05) is 23.7 Å². The Bertz CT molecular complexity index is 704. The van der Waals surface area contributed by atoms with Crippen LogP contribution in [0.2, 0.25) is 5.02 Å². The summed E-state index contributed by atoms with van der Waals surface area (Å²) in [4.78, 5) is 22.5. The van der Waals surface area contributed by atoms with Gasteiger partial charge in [0.15, 0.2) is 0 Å². The Morgan fingerprint density at radius 1 is 1.29 bits per heavy atom. The molecule has 108 valence electrons. The Balaban J connectivity index is 2.31. The molecule has 0 saturated heterocycles. The summed E-state index contributed by atoms with van der Waals surface area (Å²) in [7, 11) is 0. The van der Waals surface area contributed by atoms with Crippen LogP contribution < -0.4 is 11.1 Å². The van der Waals surface area contributed by atoms with Crippen LogP contribution in [0.25, 0.3) is 0 Å². The Hall–Kier alpha value is -2.44. The molecule has 0 aliphatic heterocycles. The lowest BCUT2D eigenvalue weighted by Gasteiger charge is -2.07. The molecule has 0 radical (unpaired) electrons. The summed E-state index contributed by atoms with van der Waals surface area (Å²) in [5.41, 5.74) is 6.49. The molecule has 0 spiro atoms. The zero-order valence-electron chi connectivity index (χ0n) is 10.9. The zero-order valence-corrected chi connectivity index (χ0v) is 11.6. The second kappa shape index (κ2) is 6.34. The van der Waals surface area contributed by atoms with Crippen LogP contribution in [0.4, 0.5) is 11.4 Å². The summed E-state index contributed by atoms with van der Waals surface area (Å²) in [6.07, 6.45) is 0. The van der Waals surface area contributed by atoms with Gasteiger partial charge < -0.3 is 11.1 Å². The molecule has 1 amide bonds. The molecule has 6 nitrogen and oxygen atoms in total. The number of carbonyl (C=O) groups excluding carboxylic acids is 1. The van der Waals surface area contributed by atoms with Crippen LogP contribution in [0.5, 0.6) is 0 Å². The third-order valence-electron chi connectivity index (χ3n) is 2.82. The smallest absolute Gasteiger partial charge is 0.282 e. The number of nitrogens with two attached hydrogens (primary N) is 1. The van der Waals surface area contributed by atoms with Gasteiger partial charge in [0.2, 0.25) is 0 Å². The number of benzene rings is 2. The number of nitrogens with zero attached hydrogens (tertiary/aromatic N) is 1. The number of anilines is 1. The van der Waals surface area contributed by atoms with Gasteiger partial charge in [-0.3, -0.25) is 14.9 Å². The van der Waals surface area contributed by atoms with Gasteiger partial charge in [-0.2, -0.15) is 0 Å². The molecule has 0 aliphatic carbocycles. The van der Waals surface area contributed by atoms with Crippen molar-refractivity contribution in [3.8, 4) is 0 Å². The summed E-state index contributed by atoms with van der Waals surface area (Å²) in [6.45, 7) is 0.334. The highest BCUT2D eigenvalue weighted by molar-refractivity contribution is 6.31. The fourth-order valence-electron chi connectivity index (χ4n) is 1.82. The van der Waals surface area contributed by atoms with Gasteiger partial charge >= 0.3 is 0 Å². The van der Waals surface area contributed by atoms with Gasteiger partial charge in [0.05, 0.1) is 4.92 Å². The van der Waals surface area contributed by atoms with Crippen molar-refractivity contribution in [3.63, 3.8) is 0 Å². The molecule has 0 aromatic heterocycles. The third kappa shape index (κ3) is 3.56. The van der Waals surface area contributed by atoms with Crippen LogP contribution in [0, 0.1) is 10.1 Å². The highest BCUT2D eigenvalue weighted by Gasteiger charge is 2.20. The molecule has 0 aliphatic rings. The molecule has 2 rings (SSSR count). The van der Waals surface area contributed by atoms with Gasteiger partial charge in [0, 0.05) is 23.3 Å².